The van der Waals surface area contributed by atoms with E-state index >= 15 is 0 Å². The van der Waals surface area contributed by atoms with Crippen molar-refractivity contribution >= 4 is 16.7 Å². The van der Waals surface area contributed by atoms with Gasteiger partial charge in [-0.1, -0.05) is 48.5 Å². The molecule has 0 aliphatic carbocycles. The first-order chi connectivity index (χ1) is 14.5. The number of hydrogen-bond donors (Lipinski definition) is 0. The molecule has 0 radical (unpaired) electrons. The number of nitrogens with zero attached hydrogens (tertiary/aromatic N) is 6. The van der Waals surface area contributed by atoms with E-state index in [1.165, 1.54) is 4.68 Å². The highest BCUT2D eigenvalue weighted by atomic mass is 16.2. The van der Waals surface area contributed by atoms with Gasteiger partial charge in [-0.2, -0.15) is 10.2 Å². The standard InChI is InChI=1S/C22H20N6O2/c1-14-20-23-19(15-8-4-3-5-9-15)25-28(20)13-12-27(14)22(30)18-16-10-6-7-11-17(16)21(29)26(2)24-18/h3-11,14H,12-13H2,1-2H3/t14-/m0/s1. The van der Waals surface area contributed by atoms with Gasteiger partial charge in [0.2, 0.25) is 0 Å². The zero-order valence-corrected chi connectivity index (χ0v) is 16.7. The maximum atomic E-state index is 13.5. The smallest absolute Gasteiger partial charge is 0.275 e. The monoisotopic (exact) mass is 400 g/mol. The SMILES string of the molecule is C[C@H]1c2nc(-c3ccccc3)nn2CCN1C(=O)c1nn(C)c(=O)c2ccccc12. The van der Waals surface area contributed by atoms with Crippen molar-refractivity contribution in [1.82, 2.24) is 29.4 Å². The fraction of sp³-hybridized carbons (Fsp3) is 0.227. The fourth-order valence-electron chi connectivity index (χ4n) is 3.94. The summed E-state index contributed by atoms with van der Waals surface area (Å²) in [6, 6.07) is 16.6. The molecule has 2 aromatic heterocycles. The lowest BCUT2D eigenvalue weighted by Crippen LogP contribution is -2.42. The number of aromatic nitrogens is 5. The van der Waals surface area contributed by atoms with Gasteiger partial charge in [-0.15, -0.1) is 0 Å². The minimum absolute atomic E-state index is 0.218. The van der Waals surface area contributed by atoms with Crippen LogP contribution < -0.4 is 5.56 Å². The first-order valence-electron chi connectivity index (χ1n) is 9.82. The third-order valence-corrected chi connectivity index (χ3v) is 5.55. The van der Waals surface area contributed by atoms with Gasteiger partial charge in [0, 0.05) is 24.5 Å². The molecule has 0 N–H and O–H groups in total. The van der Waals surface area contributed by atoms with Crippen LogP contribution in [0.4, 0.5) is 0 Å². The minimum atomic E-state index is -0.269. The van der Waals surface area contributed by atoms with Gasteiger partial charge < -0.3 is 4.90 Å². The van der Waals surface area contributed by atoms with E-state index in [9.17, 15) is 9.59 Å². The van der Waals surface area contributed by atoms with Crippen molar-refractivity contribution in [2.45, 2.75) is 19.5 Å². The number of benzene rings is 2. The first-order valence-corrected chi connectivity index (χ1v) is 9.82. The molecule has 2 aromatic carbocycles. The molecule has 0 spiro atoms. The molecule has 0 saturated carbocycles. The highest BCUT2D eigenvalue weighted by Crippen LogP contribution is 2.28. The molecular formula is C22H20N6O2. The zero-order chi connectivity index (χ0) is 20.8. The summed E-state index contributed by atoms with van der Waals surface area (Å²) in [5.41, 5.74) is 0.993. The Morgan fingerprint density at radius 1 is 0.967 bits per heavy atom. The quantitative estimate of drug-likeness (QED) is 0.516. The second-order valence-corrected chi connectivity index (χ2v) is 7.38. The molecule has 0 saturated heterocycles. The van der Waals surface area contributed by atoms with Gasteiger partial charge in [0.15, 0.2) is 11.5 Å². The van der Waals surface area contributed by atoms with Crippen molar-refractivity contribution < 1.29 is 4.79 Å². The van der Waals surface area contributed by atoms with Gasteiger partial charge in [0.25, 0.3) is 11.5 Å². The maximum Gasteiger partial charge on any atom is 0.275 e. The molecule has 3 heterocycles. The van der Waals surface area contributed by atoms with E-state index in [-0.39, 0.29) is 23.2 Å². The number of hydrogen-bond acceptors (Lipinski definition) is 5. The van der Waals surface area contributed by atoms with E-state index in [4.69, 9.17) is 4.98 Å². The van der Waals surface area contributed by atoms with E-state index in [2.05, 4.69) is 10.2 Å². The van der Waals surface area contributed by atoms with Crippen molar-refractivity contribution in [2.24, 2.45) is 7.05 Å². The zero-order valence-electron chi connectivity index (χ0n) is 16.7. The van der Waals surface area contributed by atoms with Crippen molar-refractivity contribution in [2.75, 3.05) is 6.54 Å². The summed E-state index contributed by atoms with van der Waals surface area (Å²) in [5.74, 6) is 1.17. The Bertz CT molecular complexity index is 1320. The van der Waals surface area contributed by atoms with E-state index in [0.29, 0.717) is 29.7 Å². The summed E-state index contributed by atoms with van der Waals surface area (Å²) < 4.78 is 3.09. The molecule has 8 heteroatoms. The van der Waals surface area contributed by atoms with Crippen LogP contribution in [-0.4, -0.2) is 41.9 Å². The maximum absolute atomic E-state index is 13.5. The molecule has 8 nitrogen and oxygen atoms in total. The largest absolute Gasteiger partial charge is 0.325 e. The summed E-state index contributed by atoms with van der Waals surface area (Å²) >= 11 is 0. The van der Waals surface area contributed by atoms with Gasteiger partial charge in [0.1, 0.15) is 5.82 Å². The Morgan fingerprint density at radius 2 is 1.67 bits per heavy atom. The fourth-order valence-corrected chi connectivity index (χ4v) is 3.94. The Kier molecular flexibility index (Phi) is 4.20. The number of fused-ring (bicyclic) bond motifs is 2. The molecule has 0 fully saturated rings. The lowest BCUT2D eigenvalue weighted by molar-refractivity contribution is 0.0624. The molecule has 0 unspecified atom stereocenters. The third kappa shape index (κ3) is 2.80. The number of amides is 1. The highest BCUT2D eigenvalue weighted by molar-refractivity contribution is 6.04. The normalized spacial score (nSPS) is 15.9. The summed E-state index contributed by atoms with van der Waals surface area (Å²) in [6.07, 6.45) is 0. The van der Waals surface area contributed by atoms with Crippen LogP contribution in [0.3, 0.4) is 0 Å². The number of carbonyl (C=O) groups is 1. The molecule has 4 aromatic rings. The lowest BCUT2D eigenvalue weighted by Gasteiger charge is -2.32. The van der Waals surface area contributed by atoms with Crippen molar-refractivity contribution in [3.8, 4) is 11.4 Å². The number of carbonyl (C=O) groups excluding carboxylic acids is 1. The predicted octanol–water partition coefficient (Wildman–Crippen LogP) is 2.41. The number of aryl methyl sites for hydroxylation is 1. The predicted molar refractivity (Wildman–Crippen MR) is 112 cm³/mol. The molecule has 0 bridgehead atoms. The van der Waals surface area contributed by atoms with E-state index in [1.807, 2.05) is 48.0 Å². The number of rotatable bonds is 2. The topological polar surface area (TPSA) is 85.9 Å². The molecule has 1 atom stereocenters. The van der Waals surface area contributed by atoms with Gasteiger partial charge in [-0.3, -0.25) is 9.59 Å². The lowest BCUT2D eigenvalue weighted by atomic mass is 10.1. The first kappa shape index (κ1) is 18.2. The van der Waals surface area contributed by atoms with Crippen LogP contribution in [0, 0.1) is 0 Å². The molecular weight excluding hydrogens is 380 g/mol. The van der Waals surface area contributed by atoms with Crippen LogP contribution in [0.1, 0.15) is 29.3 Å². The summed E-state index contributed by atoms with van der Waals surface area (Å²) in [5, 5.41) is 9.96. The van der Waals surface area contributed by atoms with Crippen molar-refractivity contribution in [1.29, 1.82) is 0 Å². The molecule has 30 heavy (non-hydrogen) atoms. The Hall–Kier alpha value is -3.81. The molecule has 150 valence electrons. The van der Waals surface area contributed by atoms with Crippen LogP contribution in [0.5, 0.6) is 0 Å². The minimum Gasteiger partial charge on any atom is -0.325 e. The van der Waals surface area contributed by atoms with Crippen LogP contribution in [0.2, 0.25) is 0 Å². The van der Waals surface area contributed by atoms with Crippen molar-refractivity contribution in [3.63, 3.8) is 0 Å². The average molecular weight is 400 g/mol. The Labute approximate surface area is 172 Å². The van der Waals surface area contributed by atoms with Gasteiger partial charge in [-0.05, 0) is 13.0 Å². The second kappa shape index (κ2) is 6.91. The molecule has 1 amide bonds. The van der Waals surface area contributed by atoms with E-state index in [1.54, 1.807) is 30.1 Å². The molecule has 1 aliphatic rings. The third-order valence-electron chi connectivity index (χ3n) is 5.55. The Balaban J connectivity index is 1.54. The van der Waals surface area contributed by atoms with Crippen LogP contribution in [-0.2, 0) is 13.6 Å². The van der Waals surface area contributed by atoms with Crippen LogP contribution >= 0.6 is 0 Å². The summed E-state index contributed by atoms with van der Waals surface area (Å²) in [4.78, 5) is 32.3. The molecule has 1 aliphatic heterocycles. The molecule has 5 rings (SSSR count). The van der Waals surface area contributed by atoms with E-state index in [0.717, 1.165) is 11.4 Å². The second-order valence-electron chi connectivity index (χ2n) is 7.38. The van der Waals surface area contributed by atoms with E-state index < -0.39 is 0 Å². The van der Waals surface area contributed by atoms with Gasteiger partial charge in [-0.25, -0.2) is 14.3 Å². The van der Waals surface area contributed by atoms with Gasteiger partial charge in [0.05, 0.1) is 18.0 Å². The van der Waals surface area contributed by atoms with Crippen LogP contribution in [0.25, 0.3) is 22.2 Å². The Morgan fingerprint density at radius 3 is 2.43 bits per heavy atom. The summed E-state index contributed by atoms with van der Waals surface area (Å²) in [6.45, 7) is 2.98. The summed E-state index contributed by atoms with van der Waals surface area (Å²) in [7, 11) is 1.56. The average Bonchev–Trinajstić information content (AvgIpc) is 3.22. The van der Waals surface area contributed by atoms with Gasteiger partial charge >= 0.3 is 0 Å². The highest BCUT2D eigenvalue weighted by Gasteiger charge is 2.33. The van der Waals surface area contributed by atoms with Crippen LogP contribution in [0.15, 0.2) is 59.4 Å². The van der Waals surface area contributed by atoms with Crippen molar-refractivity contribution in [3.05, 3.63) is 76.5 Å².